The number of aliphatic hydroxyl groups is 1. The highest BCUT2D eigenvalue weighted by molar-refractivity contribution is 5.63. The Labute approximate surface area is 208 Å². The molecule has 0 aliphatic carbocycles. The van der Waals surface area contributed by atoms with Crippen LogP contribution in [0, 0.1) is 0 Å². The Morgan fingerprint density at radius 2 is 1.32 bits per heavy atom. The maximum Gasteiger partial charge on any atom is 0.203 e. The second-order valence-electron chi connectivity index (χ2n) is 8.33. The summed E-state index contributed by atoms with van der Waals surface area (Å²) in [6.45, 7) is 1.80. The highest BCUT2D eigenvalue weighted by Gasteiger charge is 2.44. The van der Waals surface area contributed by atoms with E-state index in [1.807, 2.05) is 18.2 Å². The van der Waals surface area contributed by atoms with Crippen LogP contribution in [0.5, 0.6) is 34.5 Å². The molecule has 2 atom stereocenters. The molecular formula is C25H36ClNO7. The summed E-state index contributed by atoms with van der Waals surface area (Å²) in [5, 5.41) is 9.62. The van der Waals surface area contributed by atoms with Crippen molar-refractivity contribution in [2.24, 2.45) is 0 Å². The van der Waals surface area contributed by atoms with Gasteiger partial charge in [0.05, 0.1) is 68.4 Å². The molecule has 2 aromatic carbocycles. The number of hydrogen-bond donors (Lipinski definition) is 1. The van der Waals surface area contributed by atoms with E-state index in [2.05, 4.69) is 7.05 Å². The number of halogens is 1. The lowest BCUT2D eigenvalue weighted by Crippen LogP contribution is -3.00. The Hall–Kier alpha value is -2.55. The minimum atomic E-state index is -0.122. The van der Waals surface area contributed by atoms with Gasteiger partial charge in [0.15, 0.2) is 23.0 Å². The van der Waals surface area contributed by atoms with Gasteiger partial charge in [0, 0.05) is 25.0 Å². The first-order valence-electron chi connectivity index (χ1n) is 11.0. The van der Waals surface area contributed by atoms with Gasteiger partial charge in [-0.25, -0.2) is 0 Å². The Balaban J connectivity index is 0.00000408. The van der Waals surface area contributed by atoms with Crippen LogP contribution in [0.15, 0.2) is 18.2 Å². The molecule has 0 radical (unpaired) electrons. The molecule has 0 spiro atoms. The molecule has 0 saturated carbocycles. The lowest BCUT2D eigenvalue weighted by molar-refractivity contribution is -0.935. The molecule has 0 fully saturated rings. The van der Waals surface area contributed by atoms with E-state index in [0.717, 1.165) is 36.2 Å². The van der Waals surface area contributed by atoms with Crippen molar-refractivity contribution in [3.05, 3.63) is 34.9 Å². The number of fused-ring (bicyclic) bond motifs is 1. The van der Waals surface area contributed by atoms with Gasteiger partial charge in [-0.2, -0.15) is 0 Å². The Bertz CT molecular complexity index is 959. The van der Waals surface area contributed by atoms with Gasteiger partial charge in [0.2, 0.25) is 11.5 Å². The predicted molar refractivity (Wildman–Crippen MR) is 125 cm³/mol. The SMILES string of the molecule is COc1cc([C@@H]2c3c(cc(OC)c(OC)c3OC)CC[N@@+]2(C)CCCO)cc(OC)c1OC.[Cl-]. The number of hydrogen-bond acceptors (Lipinski definition) is 7. The Morgan fingerprint density at radius 3 is 1.79 bits per heavy atom. The molecule has 34 heavy (non-hydrogen) atoms. The maximum absolute atomic E-state index is 9.62. The minimum absolute atomic E-state index is 0. The molecule has 0 bridgehead atoms. The number of likely N-dealkylation sites (N-methyl/N-ethyl adjacent to an activating group) is 1. The van der Waals surface area contributed by atoms with Crippen molar-refractivity contribution < 1.29 is 50.4 Å². The van der Waals surface area contributed by atoms with Crippen LogP contribution < -0.4 is 40.8 Å². The number of ether oxygens (including phenoxy) is 6. The average Bonchev–Trinajstić information content (AvgIpc) is 2.85. The third-order valence-corrected chi connectivity index (χ3v) is 6.57. The molecule has 1 heterocycles. The third-order valence-electron chi connectivity index (χ3n) is 6.57. The molecule has 1 aliphatic heterocycles. The summed E-state index contributed by atoms with van der Waals surface area (Å²) >= 11 is 0. The first kappa shape index (κ1) is 27.7. The smallest absolute Gasteiger partial charge is 0.203 e. The molecule has 0 saturated heterocycles. The summed E-state index contributed by atoms with van der Waals surface area (Å²) in [5.41, 5.74) is 3.18. The molecule has 2 aromatic rings. The molecule has 0 aromatic heterocycles. The van der Waals surface area contributed by atoms with Crippen molar-refractivity contribution in [3.8, 4) is 34.5 Å². The van der Waals surface area contributed by atoms with E-state index in [1.165, 1.54) is 0 Å². The largest absolute Gasteiger partial charge is 1.00 e. The van der Waals surface area contributed by atoms with Gasteiger partial charge >= 0.3 is 0 Å². The van der Waals surface area contributed by atoms with Crippen LogP contribution in [0.1, 0.15) is 29.2 Å². The van der Waals surface area contributed by atoms with Gasteiger partial charge < -0.3 is 50.4 Å². The zero-order valence-electron chi connectivity index (χ0n) is 21.1. The molecule has 8 nitrogen and oxygen atoms in total. The summed E-state index contributed by atoms with van der Waals surface area (Å²) < 4.78 is 34.8. The third kappa shape index (κ3) is 4.80. The maximum atomic E-state index is 9.62. The zero-order valence-corrected chi connectivity index (χ0v) is 21.8. The quantitative estimate of drug-likeness (QED) is 0.470. The fraction of sp³-hybridized carbons (Fsp3) is 0.520. The molecule has 9 heteroatoms. The number of benzene rings is 2. The number of rotatable bonds is 10. The van der Waals surface area contributed by atoms with Crippen LogP contribution in [-0.4, -0.2) is 79.0 Å². The fourth-order valence-corrected chi connectivity index (χ4v) is 5.01. The van der Waals surface area contributed by atoms with Crippen molar-refractivity contribution >= 4 is 0 Å². The highest BCUT2D eigenvalue weighted by Crippen LogP contribution is 2.53. The zero-order chi connectivity index (χ0) is 24.2. The Morgan fingerprint density at radius 1 is 0.794 bits per heavy atom. The standard InChI is InChI=1S/C25H36NO7.ClH/c1-26(10-8-12-27)11-9-16-13-20(30-4)24(32-6)25(33-7)21(16)22(26)17-14-18(28-2)23(31-5)19(15-17)29-3;/h13-15,22,27H,8-12H2,1-7H3;1H/q+1;/p-1/t22-,26-;/m1./s1. The van der Waals surface area contributed by atoms with E-state index >= 15 is 0 Å². The van der Waals surface area contributed by atoms with Gasteiger partial charge in [-0.3, -0.25) is 0 Å². The van der Waals surface area contributed by atoms with Crippen molar-refractivity contribution in [1.29, 1.82) is 0 Å². The van der Waals surface area contributed by atoms with E-state index in [0.29, 0.717) is 45.4 Å². The van der Waals surface area contributed by atoms with E-state index < -0.39 is 0 Å². The second kappa shape index (κ2) is 11.7. The molecular weight excluding hydrogens is 462 g/mol. The number of aliphatic hydroxyl groups excluding tert-OH is 1. The van der Waals surface area contributed by atoms with Gasteiger partial charge in [0.1, 0.15) is 6.04 Å². The summed E-state index contributed by atoms with van der Waals surface area (Å²) in [6.07, 6.45) is 1.53. The summed E-state index contributed by atoms with van der Waals surface area (Å²) in [6, 6.07) is 5.90. The van der Waals surface area contributed by atoms with Crippen molar-refractivity contribution in [2.75, 3.05) is 69.4 Å². The lowest BCUT2D eigenvalue weighted by atomic mass is 9.84. The van der Waals surface area contributed by atoms with Gasteiger partial charge in [-0.05, 0) is 23.8 Å². The van der Waals surface area contributed by atoms with Gasteiger partial charge in [-0.1, -0.05) is 0 Å². The number of quaternary nitrogens is 1. The van der Waals surface area contributed by atoms with Crippen LogP contribution in [0.4, 0.5) is 0 Å². The molecule has 0 unspecified atom stereocenters. The van der Waals surface area contributed by atoms with Gasteiger partial charge in [0.25, 0.3) is 0 Å². The predicted octanol–water partition coefficient (Wildman–Crippen LogP) is 0.217. The van der Waals surface area contributed by atoms with Gasteiger partial charge in [-0.15, -0.1) is 0 Å². The minimum Gasteiger partial charge on any atom is -1.00 e. The summed E-state index contributed by atoms with van der Waals surface area (Å²) in [4.78, 5) is 0. The summed E-state index contributed by atoms with van der Waals surface area (Å²) in [5.74, 6) is 3.58. The molecule has 1 aliphatic rings. The first-order valence-corrected chi connectivity index (χ1v) is 11.0. The van der Waals surface area contributed by atoms with Crippen LogP contribution in [0.3, 0.4) is 0 Å². The van der Waals surface area contributed by atoms with Crippen molar-refractivity contribution in [2.45, 2.75) is 18.9 Å². The van der Waals surface area contributed by atoms with Crippen LogP contribution in [-0.2, 0) is 6.42 Å². The fourth-order valence-electron chi connectivity index (χ4n) is 5.01. The van der Waals surface area contributed by atoms with E-state index in [1.54, 1.807) is 42.7 Å². The molecule has 3 rings (SSSR count). The monoisotopic (exact) mass is 497 g/mol. The van der Waals surface area contributed by atoms with Crippen LogP contribution in [0.25, 0.3) is 0 Å². The number of methoxy groups -OCH3 is 6. The van der Waals surface area contributed by atoms with E-state index in [4.69, 9.17) is 28.4 Å². The summed E-state index contributed by atoms with van der Waals surface area (Å²) in [7, 11) is 11.9. The van der Waals surface area contributed by atoms with Crippen LogP contribution >= 0.6 is 0 Å². The van der Waals surface area contributed by atoms with Crippen LogP contribution in [0.2, 0.25) is 0 Å². The normalized spacial score (nSPS) is 18.9. The van der Waals surface area contributed by atoms with Crippen molar-refractivity contribution in [3.63, 3.8) is 0 Å². The van der Waals surface area contributed by atoms with Crippen molar-refractivity contribution in [1.82, 2.24) is 0 Å². The van der Waals surface area contributed by atoms with E-state index in [9.17, 15) is 5.11 Å². The molecule has 1 N–H and O–H groups in total. The highest BCUT2D eigenvalue weighted by atomic mass is 35.5. The number of nitrogens with zero attached hydrogens (tertiary/aromatic N) is 1. The molecule has 0 amide bonds. The Kier molecular flexibility index (Phi) is 9.55. The lowest BCUT2D eigenvalue weighted by Gasteiger charge is -2.46. The molecule has 190 valence electrons. The van der Waals surface area contributed by atoms with E-state index in [-0.39, 0.29) is 25.1 Å². The second-order valence-corrected chi connectivity index (χ2v) is 8.33. The average molecular weight is 498 g/mol. The topological polar surface area (TPSA) is 75.6 Å². The first-order chi connectivity index (χ1) is 15.9.